The molecule has 0 heterocycles. The summed E-state index contributed by atoms with van der Waals surface area (Å²) in [5.74, 6) is -0.776. The number of amides is 1. The Bertz CT molecular complexity index is 437. The molecule has 18 heavy (non-hydrogen) atoms. The highest BCUT2D eigenvalue weighted by molar-refractivity contribution is 6.33. The molecule has 1 aromatic carbocycles. The SMILES string of the molecule is CCC(CCO)NC(=O)c1cc(C)c(F)cc1Cl. The molecule has 2 N–H and O–H groups in total. The quantitative estimate of drug-likeness (QED) is 0.867. The molecule has 0 fully saturated rings. The Hall–Kier alpha value is -1.13. The van der Waals surface area contributed by atoms with Crippen molar-refractivity contribution >= 4 is 17.5 Å². The van der Waals surface area contributed by atoms with Crippen molar-refractivity contribution < 1.29 is 14.3 Å². The first-order chi connectivity index (χ1) is 8.49. The highest BCUT2D eigenvalue weighted by Crippen LogP contribution is 2.20. The Labute approximate surface area is 111 Å². The minimum atomic E-state index is -0.432. The summed E-state index contributed by atoms with van der Waals surface area (Å²) in [5.41, 5.74) is 0.631. The van der Waals surface area contributed by atoms with Crippen molar-refractivity contribution in [3.63, 3.8) is 0 Å². The lowest BCUT2D eigenvalue weighted by Gasteiger charge is -2.16. The predicted octanol–water partition coefficient (Wildman–Crippen LogP) is 2.68. The number of aliphatic hydroxyl groups is 1. The maximum absolute atomic E-state index is 13.2. The molecule has 0 bridgehead atoms. The van der Waals surface area contributed by atoms with E-state index in [0.717, 1.165) is 6.07 Å². The Morgan fingerprint density at radius 3 is 2.78 bits per heavy atom. The molecule has 0 saturated carbocycles. The van der Waals surface area contributed by atoms with Gasteiger partial charge in [0.2, 0.25) is 0 Å². The molecule has 0 spiro atoms. The molecule has 1 rings (SSSR count). The number of carbonyl (C=O) groups is 1. The molecule has 1 unspecified atom stereocenters. The van der Waals surface area contributed by atoms with Gasteiger partial charge in [-0.25, -0.2) is 4.39 Å². The Morgan fingerprint density at radius 1 is 1.56 bits per heavy atom. The molecule has 1 atom stereocenters. The van der Waals surface area contributed by atoms with E-state index in [1.54, 1.807) is 6.92 Å². The fourth-order valence-electron chi connectivity index (χ4n) is 1.63. The van der Waals surface area contributed by atoms with Gasteiger partial charge in [-0.05, 0) is 37.5 Å². The van der Waals surface area contributed by atoms with Gasteiger partial charge < -0.3 is 10.4 Å². The molecular weight excluding hydrogens is 257 g/mol. The van der Waals surface area contributed by atoms with Crippen LogP contribution in [0.2, 0.25) is 5.02 Å². The number of benzene rings is 1. The third-order valence-corrected chi connectivity index (χ3v) is 3.11. The molecule has 5 heteroatoms. The van der Waals surface area contributed by atoms with E-state index in [4.69, 9.17) is 16.7 Å². The van der Waals surface area contributed by atoms with Crippen LogP contribution in [0.25, 0.3) is 0 Å². The monoisotopic (exact) mass is 273 g/mol. The van der Waals surface area contributed by atoms with Crippen molar-refractivity contribution in [3.8, 4) is 0 Å². The summed E-state index contributed by atoms with van der Waals surface area (Å²) in [6.45, 7) is 3.50. The van der Waals surface area contributed by atoms with Gasteiger partial charge in [0.15, 0.2) is 0 Å². The van der Waals surface area contributed by atoms with Crippen molar-refractivity contribution in [1.82, 2.24) is 5.32 Å². The molecule has 100 valence electrons. The average molecular weight is 274 g/mol. The largest absolute Gasteiger partial charge is 0.396 e. The van der Waals surface area contributed by atoms with E-state index in [1.807, 2.05) is 6.92 Å². The van der Waals surface area contributed by atoms with Crippen LogP contribution in [0.4, 0.5) is 4.39 Å². The maximum atomic E-state index is 13.2. The van der Waals surface area contributed by atoms with Crippen LogP contribution in [-0.2, 0) is 0 Å². The zero-order valence-electron chi connectivity index (χ0n) is 10.5. The van der Waals surface area contributed by atoms with Gasteiger partial charge in [0, 0.05) is 12.6 Å². The predicted molar refractivity (Wildman–Crippen MR) is 69.4 cm³/mol. The summed E-state index contributed by atoms with van der Waals surface area (Å²) in [6.07, 6.45) is 1.20. The van der Waals surface area contributed by atoms with Gasteiger partial charge in [-0.1, -0.05) is 18.5 Å². The van der Waals surface area contributed by atoms with Crippen LogP contribution in [0, 0.1) is 12.7 Å². The van der Waals surface area contributed by atoms with Gasteiger partial charge in [0.25, 0.3) is 5.91 Å². The second kappa shape index (κ2) is 6.71. The summed E-state index contributed by atoms with van der Waals surface area (Å²) >= 11 is 5.85. The van der Waals surface area contributed by atoms with E-state index < -0.39 is 5.82 Å². The first kappa shape index (κ1) is 14.9. The zero-order chi connectivity index (χ0) is 13.7. The number of aliphatic hydroxyl groups excluding tert-OH is 1. The third kappa shape index (κ3) is 3.68. The van der Waals surface area contributed by atoms with E-state index in [0.29, 0.717) is 18.4 Å². The lowest BCUT2D eigenvalue weighted by atomic mass is 10.1. The van der Waals surface area contributed by atoms with Crippen molar-refractivity contribution in [2.24, 2.45) is 0 Å². The molecule has 0 aliphatic heterocycles. The molecule has 0 aliphatic rings. The third-order valence-electron chi connectivity index (χ3n) is 2.80. The molecule has 3 nitrogen and oxygen atoms in total. The van der Waals surface area contributed by atoms with E-state index in [9.17, 15) is 9.18 Å². The smallest absolute Gasteiger partial charge is 0.253 e. The van der Waals surface area contributed by atoms with Gasteiger partial charge in [0.05, 0.1) is 10.6 Å². The standard InChI is InChI=1S/C13H17ClFNO2/c1-3-9(4-5-17)16-13(18)10-6-8(2)12(15)7-11(10)14/h6-7,9,17H,3-5H2,1-2H3,(H,16,18). The summed E-state index contributed by atoms with van der Waals surface area (Å²) in [7, 11) is 0. The topological polar surface area (TPSA) is 49.3 Å². The van der Waals surface area contributed by atoms with Gasteiger partial charge in [-0.15, -0.1) is 0 Å². The van der Waals surface area contributed by atoms with Crippen LogP contribution >= 0.6 is 11.6 Å². The lowest BCUT2D eigenvalue weighted by molar-refractivity contribution is 0.0929. The second-order valence-corrected chi connectivity index (χ2v) is 4.58. The Kier molecular flexibility index (Phi) is 5.56. The fourth-order valence-corrected chi connectivity index (χ4v) is 1.86. The number of carbonyl (C=O) groups excluding carboxylic acids is 1. The van der Waals surface area contributed by atoms with Gasteiger partial charge in [-0.2, -0.15) is 0 Å². The minimum Gasteiger partial charge on any atom is -0.396 e. The highest BCUT2D eigenvalue weighted by atomic mass is 35.5. The van der Waals surface area contributed by atoms with Crippen LogP contribution < -0.4 is 5.32 Å². The van der Waals surface area contributed by atoms with Crippen LogP contribution in [0.15, 0.2) is 12.1 Å². The van der Waals surface area contributed by atoms with E-state index in [1.165, 1.54) is 6.07 Å². The van der Waals surface area contributed by atoms with Crippen molar-refractivity contribution in [3.05, 3.63) is 34.1 Å². The molecule has 0 radical (unpaired) electrons. The summed E-state index contributed by atoms with van der Waals surface area (Å²) in [4.78, 5) is 12.0. The number of halogens is 2. The maximum Gasteiger partial charge on any atom is 0.253 e. The number of aryl methyl sites for hydroxylation is 1. The average Bonchev–Trinajstić information content (AvgIpc) is 2.33. The Balaban J connectivity index is 2.87. The number of hydrogen-bond acceptors (Lipinski definition) is 2. The lowest BCUT2D eigenvalue weighted by Crippen LogP contribution is -2.35. The van der Waals surface area contributed by atoms with Crippen molar-refractivity contribution in [1.29, 1.82) is 0 Å². The van der Waals surface area contributed by atoms with Gasteiger partial charge in [0.1, 0.15) is 5.82 Å². The van der Waals surface area contributed by atoms with Gasteiger partial charge >= 0.3 is 0 Å². The Morgan fingerprint density at radius 2 is 2.22 bits per heavy atom. The van der Waals surface area contributed by atoms with E-state index in [-0.39, 0.29) is 29.1 Å². The molecular formula is C13H17ClFNO2. The van der Waals surface area contributed by atoms with Crippen LogP contribution in [0.3, 0.4) is 0 Å². The molecule has 1 amide bonds. The van der Waals surface area contributed by atoms with Crippen LogP contribution in [0.5, 0.6) is 0 Å². The van der Waals surface area contributed by atoms with E-state index in [2.05, 4.69) is 5.32 Å². The van der Waals surface area contributed by atoms with E-state index >= 15 is 0 Å². The first-order valence-electron chi connectivity index (χ1n) is 5.87. The normalized spacial score (nSPS) is 12.3. The zero-order valence-corrected chi connectivity index (χ0v) is 11.2. The summed E-state index contributed by atoms with van der Waals surface area (Å²) in [6, 6.07) is 2.46. The van der Waals surface area contributed by atoms with Crippen molar-refractivity contribution in [2.75, 3.05) is 6.61 Å². The summed E-state index contributed by atoms with van der Waals surface area (Å²) < 4.78 is 13.2. The first-order valence-corrected chi connectivity index (χ1v) is 6.24. The van der Waals surface area contributed by atoms with Crippen LogP contribution in [0.1, 0.15) is 35.7 Å². The minimum absolute atomic E-state index is 0.00889. The molecule has 0 aromatic heterocycles. The molecule has 0 aliphatic carbocycles. The number of hydrogen-bond donors (Lipinski definition) is 2. The number of rotatable bonds is 5. The fraction of sp³-hybridized carbons (Fsp3) is 0.462. The van der Waals surface area contributed by atoms with Crippen molar-refractivity contribution in [2.45, 2.75) is 32.7 Å². The molecule has 1 aromatic rings. The van der Waals surface area contributed by atoms with Gasteiger partial charge in [-0.3, -0.25) is 4.79 Å². The second-order valence-electron chi connectivity index (χ2n) is 4.17. The highest BCUT2D eigenvalue weighted by Gasteiger charge is 2.16. The number of nitrogens with one attached hydrogen (secondary N) is 1. The van der Waals surface area contributed by atoms with Crippen LogP contribution in [-0.4, -0.2) is 23.7 Å². The summed E-state index contributed by atoms with van der Waals surface area (Å²) in [5, 5.41) is 11.7. The molecule has 0 saturated heterocycles.